The summed E-state index contributed by atoms with van der Waals surface area (Å²) in [5.41, 5.74) is 6.00. The molecule has 33 heavy (non-hydrogen) atoms. The fourth-order valence-corrected chi connectivity index (χ4v) is 4.76. The second kappa shape index (κ2) is 7.62. The zero-order valence-electron chi connectivity index (χ0n) is 19.3. The largest absolute Gasteiger partial charge is 0.328 e. The number of likely N-dealkylation sites (N-methyl/N-ethyl adjacent to an activating group) is 1. The molecule has 3 aliphatic rings. The maximum Gasteiger partial charge on any atom is 0.328 e. The van der Waals surface area contributed by atoms with Gasteiger partial charge in [0.1, 0.15) is 0 Å². The molecule has 3 amide bonds. The molecular weight excluding hydrogens is 414 g/mol. The normalized spacial score (nSPS) is 21.8. The van der Waals surface area contributed by atoms with Crippen LogP contribution >= 0.6 is 0 Å². The standard InChI is InChI=1S/C26H27N5O2/c1-16(2)14-30-24(32)22-23(28(5)26(30)33)27-25-29(22)15-21(19-9-7-6-8-10-19)31(25)20-12-11-17(3)13-18(20)4/h6-13,15,22-23H,1,14H2,2-5H3. The van der Waals surface area contributed by atoms with E-state index in [-0.39, 0.29) is 18.5 Å². The van der Waals surface area contributed by atoms with Crippen LogP contribution in [-0.2, 0) is 4.79 Å². The number of carbonyl (C=O) groups excluding carboxylic acids is 2. The Hall–Kier alpha value is -3.87. The van der Waals surface area contributed by atoms with E-state index in [4.69, 9.17) is 4.99 Å². The van der Waals surface area contributed by atoms with Crippen LogP contribution in [0.4, 0.5) is 10.5 Å². The number of carbonyl (C=O) groups is 2. The first-order valence-corrected chi connectivity index (χ1v) is 11.0. The fraction of sp³-hybridized carbons (Fsp3) is 0.269. The topological polar surface area (TPSA) is 59.5 Å². The molecule has 0 aliphatic carbocycles. The number of anilines is 1. The summed E-state index contributed by atoms with van der Waals surface area (Å²) in [7, 11) is 1.70. The molecule has 0 aromatic heterocycles. The maximum absolute atomic E-state index is 13.5. The van der Waals surface area contributed by atoms with E-state index in [1.807, 2.05) is 48.4 Å². The Balaban J connectivity index is 1.63. The summed E-state index contributed by atoms with van der Waals surface area (Å²) < 4.78 is 0. The molecule has 168 valence electrons. The van der Waals surface area contributed by atoms with E-state index in [2.05, 4.69) is 43.5 Å². The van der Waals surface area contributed by atoms with E-state index in [0.717, 1.165) is 28.1 Å². The zero-order chi connectivity index (χ0) is 23.4. The summed E-state index contributed by atoms with van der Waals surface area (Å²) in [6.45, 7) is 10.0. The van der Waals surface area contributed by atoms with Gasteiger partial charge in [-0.05, 0) is 32.4 Å². The lowest BCUT2D eigenvalue weighted by atomic mass is 10.1. The van der Waals surface area contributed by atoms with E-state index in [1.165, 1.54) is 10.5 Å². The average molecular weight is 442 g/mol. The number of aliphatic imine (C=N–C) groups is 1. The summed E-state index contributed by atoms with van der Waals surface area (Å²) >= 11 is 0. The number of rotatable bonds is 4. The number of fused-ring (bicyclic) bond motifs is 3. The van der Waals surface area contributed by atoms with Crippen LogP contribution in [0.5, 0.6) is 0 Å². The van der Waals surface area contributed by atoms with Crippen molar-refractivity contribution in [3.8, 4) is 0 Å². The van der Waals surface area contributed by atoms with Crippen LogP contribution in [0, 0.1) is 13.8 Å². The van der Waals surface area contributed by atoms with Crippen molar-refractivity contribution in [2.75, 3.05) is 18.5 Å². The molecular formula is C26H27N5O2. The van der Waals surface area contributed by atoms with Crippen molar-refractivity contribution in [1.82, 2.24) is 14.7 Å². The quantitative estimate of drug-likeness (QED) is 0.674. The molecule has 3 aliphatic heterocycles. The fourth-order valence-electron chi connectivity index (χ4n) is 4.76. The van der Waals surface area contributed by atoms with Gasteiger partial charge in [-0.15, -0.1) is 0 Å². The van der Waals surface area contributed by atoms with E-state index >= 15 is 0 Å². The predicted octanol–water partition coefficient (Wildman–Crippen LogP) is 3.96. The predicted molar refractivity (Wildman–Crippen MR) is 129 cm³/mol. The van der Waals surface area contributed by atoms with Crippen molar-refractivity contribution in [1.29, 1.82) is 0 Å². The van der Waals surface area contributed by atoms with Crippen molar-refractivity contribution in [2.24, 2.45) is 4.99 Å². The highest BCUT2D eigenvalue weighted by Crippen LogP contribution is 2.41. The number of urea groups is 1. The number of hydrogen-bond acceptors (Lipinski definition) is 5. The Morgan fingerprint density at radius 2 is 1.82 bits per heavy atom. The molecule has 0 spiro atoms. The van der Waals surface area contributed by atoms with E-state index in [1.54, 1.807) is 11.9 Å². The molecule has 0 N–H and O–H groups in total. The number of guanidine groups is 1. The molecule has 1 saturated heterocycles. The smallest absolute Gasteiger partial charge is 0.302 e. The lowest BCUT2D eigenvalue weighted by Gasteiger charge is -2.40. The highest BCUT2D eigenvalue weighted by Gasteiger charge is 2.54. The molecule has 0 saturated carbocycles. The highest BCUT2D eigenvalue weighted by molar-refractivity contribution is 6.16. The van der Waals surface area contributed by atoms with Gasteiger partial charge in [-0.1, -0.05) is 60.2 Å². The molecule has 2 unspecified atom stereocenters. The second-order valence-corrected chi connectivity index (χ2v) is 8.98. The van der Waals surface area contributed by atoms with Crippen LogP contribution < -0.4 is 4.90 Å². The van der Waals surface area contributed by atoms with Crippen LogP contribution in [-0.4, -0.2) is 58.4 Å². The van der Waals surface area contributed by atoms with Gasteiger partial charge in [-0.25, -0.2) is 9.79 Å². The Morgan fingerprint density at radius 1 is 1.09 bits per heavy atom. The summed E-state index contributed by atoms with van der Waals surface area (Å²) in [5, 5.41) is 0. The van der Waals surface area contributed by atoms with E-state index in [9.17, 15) is 9.59 Å². The Morgan fingerprint density at radius 3 is 2.48 bits per heavy atom. The van der Waals surface area contributed by atoms with Gasteiger partial charge in [-0.3, -0.25) is 19.5 Å². The number of benzene rings is 2. The zero-order valence-corrected chi connectivity index (χ0v) is 19.3. The molecule has 7 nitrogen and oxygen atoms in total. The molecule has 2 aromatic carbocycles. The van der Waals surface area contributed by atoms with Crippen molar-refractivity contribution in [3.63, 3.8) is 0 Å². The number of aryl methyl sites for hydroxylation is 2. The Bertz CT molecular complexity index is 1230. The molecule has 1 fully saturated rings. The van der Waals surface area contributed by atoms with Gasteiger partial charge in [0.2, 0.25) is 5.96 Å². The molecule has 7 heteroatoms. The van der Waals surface area contributed by atoms with Crippen LogP contribution in [0.25, 0.3) is 5.70 Å². The SMILES string of the molecule is C=C(C)CN1C(=O)C2C(N=C3N(c4ccc(C)cc4C)C(c4ccccc4)=CN32)N(C)C1=O. The van der Waals surface area contributed by atoms with Gasteiger partial charge < -0.3 is 4.90 Å². The van der Waals surface area contributed by atoms with Crippen LogP contribution in [0.2, 0.25) is 0 Å². The van der Waals surface area contributed by atoms with Gasteiger partial charge in [-0.2, -0.15) is 0 Å². The van der Waals surface area contributed by atoms with Crippen LogP contribution in [0.15, 0.2) is 71.9 Å². The minimum Gasteiger partial charge on any atom is -0.302 e. The summed E-state index contributed by atoms with van der Waals surface area (Å²) in [5.74, 6) is 0.400. The first-order chi connectivity index (χ1) is 15.8. The minimum atomic E-state index is -0.614. The summed E-state index contributed by atoms with van der Waals surface area (Å²) in [4.78, 5) is 38.2. The van der Waals surface area contributed by atoms with Crippen molar-refractivity contribution in [2.45, 2.75) is 33.0 Å². The number of amides is 3. The van der Waals surface area contributed by atoms with Gasteiger partial charge >= 0.3 is 6.03 Å². The third-order valence-corrected chi connectivity index (χ3v) is 6.30. The molecule has 0 radical (unpaired) electrons. The van der Waals surface area contributed by atoms with Gasteiger partial charge in [0.05, 0.1) is 17.9 Å². The van der Waals surface area contributed by atoms with Crippen molar-refractivity contribution in [3.05, 3.63) is 83.6 Å². The number of hydrogen-bond donors (Lipinski definition) is 0. The number of imide groups is 1. The molecule has 3 heterocycles. The molecule has 0 bridgehead atoms. The summed E-state index contributed by atoms with van der Waals surface area (Å²) in [6, 6.07) is 15.4. The second-order valence-electron chi connectivity index (χ2n) is 8.98. The lowest BCUT2D eigenvalue weighted by molar-refractivity contribution is -0.136. The third kappa shape index (κ3) is 3.23. The Labute approximate surface area is 193 Å². The van der Waals surface area contributed by atoms with Crippen molar-refractivity contribution >= 4 is 29.3 Å². The van der Waals surface area contributed by atoms with E-state index in [0.29, 0.717) is 5.96 Å². The monoisotopic (exact) mass is 441 g/mol. The number of nitrogens with zero attached hydrogens (tertiary/aromatic N) is 5. The first-order valence-electron chi connectivity index (χ1n) is 11.0. The maximum atomic E-state index is 13.5. The van der Waals surface area contributed by atoms with Gasteiger partial charge in [0.25, 0.3) is 5.91 Å². The molecule has 5 rings (SSSR count). The average Bonchev–Trinajstić information content (AvgIpc) is 3.32. The minimum absolute atomic E-state index is 0.199. The summed E-state index contributed by atoms with van der Waals surface area (Å²) in [6.07, 6.45) is 1.40. The van der Waals surface area contributed by atoms with Crippen LogP contribution in [0.1, 0.15) is 23.6 Å². The highest BCUT2D eigenvalue weighted by atomic mass is 16.2. The van der Waals surface area contributed by atoms with Gasteiger partial charge in [0.15, 0.2) is 12.2 Å². The first kappa shape index (κ1) is 21.0. The van der Waals surface area contributed by atoms with Gasteiger partial charge in [0, 0.05) is 18.8 Å². The molecule has 2 atom stereocenters. The lowest BCUT2D eigenvalue weighted by Crippen LogP contribution is -2.64. The third-order valence-electron chi connectivity index (χ3n) is 6.30. The van der Waals surface area contributed by atoms with Crippen LogP contribution in [0.3, 0.4) is 0 Å². The molecule has 2 aromatic rings. The van der Waals surface area contributed by atoms with E-state index < -0.39 is 12.2 Å². The Kier molecular flexibility index (Phi) is 4.85. The van der Waals surface area contributed by atoms with Crippen molar-refractivity contribution < 1.29 is 9.59 Å².